The zero-order chi connectivity index (χ0) is 14.1. The highest BCUT2D eigenvalue weighted by molar-refractivity contribution is 5.78. The average Bonchev–Trinajstić information content (AvgIpc) is 2.46. The van der Waals surface area contributed by atoms with Gasteiger partial charge in [-0.3, -0.25) is 4.79 Å². The maximum absolute atomic E-state index is 12.4. The Kier molecular flexibility index (Phi) is 8.07. The molecule has 0 spiro atoms. The van der Waals surface area contributed by atoms with E-state index < -0.39 is 0 Å². The van der Waals surface area contributed by atoms with Gasteiger partial charge >= 0.3 is 0 Å². The highest BCUT2D eigenvalue weighted by Crippen LogP contribution is 2.20. The number of hydrogen-bond acceptors (Lipinski definition) is 3. The number of ether oxygens (including phenoxy) is 1. The van der Waals surface area contributed by atoms with E-state index in [-0.39, 0.29) is 5.92 Å². The lowest BCUT2D eigenvalue weighted by Gasteiger charge is -2.34. The lowest BCUT2D eigenvalue weighted by molar-refractivity contribution is -0.138. The lowest BCUT2D eigenvalue weighted by atomic mass is 9.96. The molecule has 0 aromatic rings. The summed E-state index contributed by atoms with van der Waals surface area (Å²) >= 11 is 0. The van der Waals surface area contributed by atoms with Crippen LogP contribution in [-0.2, 0) is 9.53 Å². The number of hydrogen-bond donors (Lipinski definition) is 1. The minimum Gasteiger partial charge on any atom is -0.377 e. The smallest absolute Gasteiger partial charge is 0.225 e. The molecule has 4 heteroatoms. The number of nitrogens with zero attached hydrogens (tertiary/aromatic N) is 1. The molecule has 1 fully saturated rings. The zero-order valence-electron chi connectivity index (χ0n) is 12.6. The first-order chi connectivity index (χ1) is 9.22. The van der Waals surface area contributed by atoms with E-state index in [1.54, 1.807) is 0 Å². The van der Waals surface area contributed by atoms with Gasteiger partial charge in [0, 0.05) is 25.6 Å². The number of rotatable bonds is 8. The summed E-state index contributed by atoms with van der Waals surface area (Å²) in [7, 11) is 0. The van der Waals surface area contributed by atoms with Crippen LogP contribution in [-0.4, -0.2) is 43.2 Å². The monoisotopic (exact) mass is 270 g/mol. The topological polar surface area (TPSA) is 55.6 Å². The quantitative estimate of drug-likeness (QED) is 0.735. The second-order valence-electron chi connectivity index (χ2n) is 5.43. The second kappa shape index (κ2) is 9.32. The minimum absolute atomic E-state index is 0.224. The third-order valence-corrected chi connectivity index (χ3v) is 3.97. The molecule has 1 amide bonds. The van der Waals surface area contributed by atoms with Crippen molar-refractivity contribution < 1.29 is 9.53 Å². The first kappa shape index (κ1) is 16.4. The van der Waals surface area contributed by atoms with Crippen molar-refractivity contribution in [2.24, 2.45) is 11.7 Å². The van der Waals surface area contributed by atoms with Crippen LogP contribution in [0.2, 0.25) is 0 Å². The summed E-state index contributed by atoms with van der Waals surface area (Å²) in [5.74, 6) is 0.578. The number of amides is 1. The number of likely N-dealkylation sites (tertiary alicyclic amines) is 1. The molecule has 2 N–H and O–H groups in total. The van der Waals surface area contributed by atoms with Gasteiger partial charge in [0.2, 0.25) is 5.91 Å². The zero-order valence-corrected chi connectivity index (χ0v) is 12.6. The Morgan fingerprint density at radius 1 is 1.37 bits per heavy atom. The van der Waals surface area contributed by atoms with Gasteiger partial charge in [0.05, 0.1) is 12.7 Å². The molecule has 1 heterocycles. The van der Waals surface area contributed by atoms with Crippen LogP contribution < -0.4 is 5.73 Å². The Hall–Kier alpha value is -0.610. The number of unbranched alkanes of at least 4 members (excludes halogenated alkanes) is 1. The lowest BCUT2D eigenvalue weighted by Crippen LogP contribution is -2.43. The van der Waals surface area contributed by atoms with Crippen LogP contribution in [0, 0.1) is 5.92 Å². The summed E-state index contributed by atoms with van der Waals surface area (Å²) in [6.07, 6.45) is 6.52. The second-order valence-corrected chi connectivity index (χ2v) is 5.43. The predicted molar refractivity (Wildman–Crippen MR) is 77.9 cm³/mol. The molecule has 0 aromatic heterocycles. The van der Waals surface area contributed by atoms with Crippen LogP contribution in [0.4, 0.5) is 0 Å². The van der Waals surface area contributed by atoms with Crippen LogP contribution in [0.5, 0.6) is 0 Å². The van der Waals surface area contributed by atoms with E-state index >= 15 is 0 Å². The predicted octanol–water partition coefficient (Wildman–Crippen LogP) is 2.17. The molecule has 19 heavy (non-hydrogen) atoms. The SMILES string of the molecule is CCCCC(CC)C(=O)N1CCC(OCCN)CC1. The number of piperidine rings is 1. The summed E-state index contributed by atoms with van der Waals surface area (Å²) in [5.41, 5.74) is 5.44. The summed E-state index contributed by atoms with van der Waals surface area (Å²) in [6.45, 7) is 7.20. The first-order valence-corrected chi connectivity index (χ1v) is 7.83. The Morgan fingerprint density at radius 3 is 2.58 bits per heavy atom. The maximum Gasteiger partial charge on any atom is 0.225 e. The number of carbonyl (C=O) groups is 1. The fourth-order valence-electron chi connectivity index (χ4n) is 2.69. The van der Waals surface area contributed by atoms with Gasteiger partial charge in [0.25, 0.3) is 0 Å². The standard InChI is InChI=1S/C15H30N2O2/c1-3-5-6-13(4-2)15(18)17-10-7-14(8-11-17)19-12-9-16/h13-14H,3-12,16H2,1-2H3. The van der Waals surface area contributed by atoms with Gasteiger partial charge < -0.3 is 15.4 Å². The molecule has 1 aliphatic rings. The van der Waals surface area contributed by atoms with Crippen LogP contribution >= 0.6 is 0 Å². The van der Waals surface area contributed by atoms with Crippen LogP contribution in [0.3, 0.4) is 0 Å². The van der Waals surface area contributed by atoms with E-state index in [9.17, 15) is 4.79 Å². The summed E-state index contributed by atoms with van der Waals surface area (Å²) in [6, 6.07) is 0. The van der Waals surface area contributed by atoms with E-state index in [0.717, 1.165) is 45.2 Å². The van der Waals surface area contributed by atoms with Crippen molar-refractivity contribution in [2.45, 2.75) is 58.5 Å². The molecule has 0 bridgehead atoms. The van der Waals surface area contributed by atoms with Crippen LogP contribution in [0.25, 0.3) is 0 Å². The van der Waals surface area contributed by atoms with Crippen molar-refractivity contribution >= 4 is 5.91 Å². The third kappa shape index (κ3) is 5.49. The molecule has 1 unspecified atom stereocenters. The molecule has 1 saturated heterocycles. The number of nitrogens with two attached hydrogens (primary N) is 1. The van der Waals surface area contributed by atoms with Crippen molar-refractivity contribution in [2.75, 3.05) is 26.2 Å². The fourth-order valence-corrected chi connectivity index (χ4v) is 2.69. The van der Waals surface area contributed by atoms with E-state index in [1.165, 1.54) is 6.42 Å². The molecule has 1 atom stereocenters. The normalized spacial score (nSPS) is 18.6. The highest BCUT2D eigenvalue weighted by Gasteiger charge is 2.27. The van der Waals surface area contributed by atoms with Crippen molar-refractivity contribution in [3.63, 3.8) is 0 Å². The molecule has 1 aliphatic heterocycles. The Morgan fingerprint density at radius 2 is 2.05 bits per heavy atom. The summed E-state index contributed by atoms with van der Waals surface area (Å²) in [4.78, 5) is 14.5. The van der Waals surface area contributed by atoms with E-state index in [4.69, 9.17) is 10.5 Å². The van der Waals surface area contributed by atoms with Crippen molar-refractivity contribution in [1.29, 1.82) is 0 Å². The van der Waals surface area contributed by atoms with E-state index in [0.29, 0.717) is 25.2 Å². The highest BCUT2D eigenvalue weighted by atomic mass is 16.5. The van der Waals surface area contributed by atoms with Crippen molar-refractivity contribution in [1.82, 2.24) is 4.90 Å². The molecule has 112 valence electrons. The van der Waals surface area contributed by atoms with Gasteiger partial charge in [-0.2, -0.15) is 0 Å². The van der Waals surface area contributed by atoms with Crippen LogP contribution in [0.1, 0.15) is 52.4 Å². The van der Waals surface area contributed by atoms with Gasteiger partial charge in [-0.05, 0) is 25.7 Å². The van der Waals surface area contributed by atoms with Gasteiger partial charge in [0.1, 0.15) is 0 Å². The fraction of sp³-hybridized carbons (Fsp3) is 0.933. The minimum atomic E-state index is 0.224. The van der Waals surface area contributed by atoms with E-state index in [1.807, 2.05) is 4.90 Å². The summed E-state index contributed by atoms with van der Waals surface area (Å²) in [5, 5.41) is 0. The Balaban J connectivity index is 2.34. The van der Waals surface area contributed by atoms with Crippen molar-refractivity contribution in [3.05, 3.63) is 0 Å². The van der Waals surface area contributed by atoms with Gasteiger partial charge in [-0.1, -0.05) is 26.7 Å². The van der Waals surface area contributed by atoms with Gasteiger partial charge in [0.15, 0.2) is 0 Å². The molecular formula is C15H30N2O2. The average molecular weight is 270 g/mol. The van der Waals surface area contributed by atoms with Gasteiger partial charge in [-0.15, -0.1) is 0 Å². The first-order valence-electron chi connectivity index (χ1n) is 7.83. The largest absolute Gasteiger partial charge is 0.377 e. The van der Waals surface area contributed by atoms with Crippen LogP contribution in [0.15, 0.2) is 0 Å². The number of carbonyl (C=O) groups excluding carboxylic acids is 1. The van der Waals surface area contributed by atoms with E-state index in [2.05, 4.69) is 13.8 Å². The molecule has 0 saturated carbocycles. The molecular weight excluding hydrogens is 240 g/mol. The summed E-state index contributed by atoms with van der Waals surface area (Å²) < 4.78 is 5.65. The molecule has 0 aliphatic carbocycles. The molecule has 1 rings (SSSR count). The Labute approximate surface area is 117 Å². The molecule has 0 aromatic carbocycles. The molecule has 0 radical (unpaired) electrons. The van der Waals surface area contributed by atoms with Gasteiger partial charge in [-0.25, -0.2) is 0 Å². The maximum atomic E-state index is 12.4. The van der Waals surface area contributed by atoms with Crippen molar-refractivity contribution in [3.8, 4) is 0 Å². The third-order valence-electron chi connectivity index (χ3n) is 3.97. The Bertz CT molecular complexity index is 251. The molecule has 4 nitrogen and oxygen atoms in total.